The summed E-state index contributed by atoms with van der Waals surface area (Å²) >= 11 is 0. The number of amides is 1. The lowest BCUT2D eigenvalue weighted by molar-refractivity contribution is -0.142. The topological polar surface area (TPSA) is 66.4 Å². The average Bonchev–Trinajstić information content (AvgIpc) is 2.95. The molecule has 0 aliphatic heterocycles. The number of carbonyl (C=O) groups excluding carboxylic acids is 1. The molecule has 4 atom stereocenters. The fraction of sp³-hybridized carbons (Fsp3) is 0.875. The van der Waals surface area contributed by atoms with Gasteiger partial charge in [0.15, 0.2) is 0 Å². The van der Waals surface area contributed by atoms with Crippen LogP contribution in [0.4, 0.5) is 0 Å². The third-order valence-corrected chi connectivity index (χ3v) is 4.98. The summed E-state index contributed by atoms with van der Waals surface area (Å²) in [6.45, 7) is 4.28. The van der Waals surface area contributed by atoms with Crippen LogP contribution < -0.4 is 5.32 Å². The molecule has 0 spiro atoms. The van der Waals surface area contributed by atoms with E-state index < -0.39 is 11.9 Å². The van der Waals surface area contributed by atoms with Crippen molar-refractivity contribution in [1.29, 1.82) is 0 Å². The minimum atomic E-state index is -0.807. The molecule has 0 radical (unpaired) electrons. The van der Waals surface area contributed by atoms with E-state index in [0.29, 0.717) is 24.7 Å². The Morgan fingerprint density at radius 2 is 2.00 bits per heavy atom. The fourth-order valence-electron chi connectivity index (χ4n) is 4.01. The molecule has 2 N–H and O–H groups in total. The molecule has 2 aliphatic rings. The summed E-state index contributed by atoms with van der Waals surface area (Å²) < 4.78 is 0. The zero-order chi connectivity index (χ0) is 14.7. The molecule has 2 fully saturated rings. The van der Waals surface area contributed by atoms with E-state index in [9.17, 15) is 9.59 Å². The maximum atomic E-state index is 12.0. The first-order chi connectivity index (χ1) is 9.45. The third-order valence-electron chi connectivity index (χ3n) is 4.98. The van der Waals surface area contributed by atoms with Gasteiger partial charge >= 0.3 is 5.97 Å². The molecule has 4 nitrogen and oxygen atoms in total. The molecule has 0 aromatic carbocycles. The maximum Gasteiger partial charge on any atom is 0.308 e. The normalized spacial score (nSPS) is 29.6. The molecular formula is C16H27NO3. The van der Waals surface area contributed by atoms with Gasteiger partial charge in [-0.3, -0.25) is 9.59 Å². The van der Waals surface area contributed by atoms with Gasteiger partial charge < -0.3 is 10.4 Å². The second-order valence-electron chi connectivity index (χ2n) is 7.11. The van der Waals surface area contributed by atoms with E-state index in [-0.39, 0.29) is 12.5 Å². The van der Waals surface area contributed by atoms with Crippen molar-refractivity contribution in [3.63, 3.8) is 0 Å². The molecule has 20 heavy (non-hydrogen) atoms. The summed E-state index contributed by atoms with van der Waals surface area (Å²) in [4.78, 5) is 23.1. The monoisotopic (exact) mass is 281 g/mol. The van der Waals surface area contributed by atoms with Crippen molar-refractivity contribution in [1.82, 2.24) is 5.32 Å². The number of carbonyl (C=O) groups is 2. The van der Waals surface area contributed by atoms with Crippen LogP contribution in [0, 0.1) is 29.6 Å². The molecule has 114 valence electrons. The Balaban J connectivity index is 1.72. The van der Waals surface area contributed by atoms with Crippen LogP contribution in [0.25, 0.3) is 0 Å². The molecule has 4 unspecified atom stereocenters. The summed E-state index contributed by atoms with van der Waals surface area (Å²) in [7, 11) is 0. The Morgan fingerprint density at radius 3 is 2.50 bits per heavy atom. The third kappa shape index (κ3) is 3.97. The van der Waals surface area contributed by atoms with Crippen molar-refractivity contribution in [3.8, 4) is 0 Å². The van der Waals surface area contributed by atoms with Crippen LogP contribution >= 0.6 is 0 Å². The zero-order valence-corrected chi connectivity index (χ0v) is 12.6. The Kier molecular flexibility index (Phi) is 5.06. The number of rotatable bonds is 7. The van der Waals surface area contributed by atoms with Gasteiger partial charge in [0, 0.05) is 13.0 Å². The van der Waals surface area contributed by atoms with Gasteiger partial charge in [0.05, 0.1) is 5.92 Å². The summed E-state index contributed by atoms with van der Waals surface area (Å²) in [5, 5.41) is 12.0. The number of hydrogen-bond acceptors (Lipinski definition) is 2. The lowest BCUT2D eigenvalue weighted by Crippen LogP contribution is -2.35. The number of hydrogen-bond donors (Lipinski definition) is 2. The Bertz CT molecular complexity index is 367. The predicted octanol–water partition coefficient (Wildman–Crippen LogP) is 2.68. The van der Waals surface area contributed by atoms with E-state index in [0.717, 1.165) is 11.8 Å². The molecule has 2 bridgehead atoms. The first-order valence-corrected chi connectivity index (χ1v) is 7.95. The van der Waals surface area contributed by atoms with Crippen molar-refractivity contribution in [2.75, 3.05) is 6.54 Å². The molecule has 2 saturated carbocycles. The van der Waals surface area contributed by atoms with Crippen LogP contribution in [-0.4, -0.2) is 23.5 Å². The van der Waals surface area contributed by atoms with Gasteiger partial charge in [-0.1, -0.05) is 20.3 Å². The Morgan fingerprint density at radius 1 is 1.25 bits per heavy atom. The van der Waals surface area contributed by atoms with Crippen LogP contribution in [0.15, 0.2) is 0 Å². The maximum absolute atomic E-state index is 12.0. The molecule has 0 saturated heterocycles. The van der Waals surface area contributed by atoms with E-state index >= 15 is 0 Å². The minimum Gasteiger partial charge on any atom is -0.481 e. The van der Waals surface area contributed by atoms with E-state index in [4.69, 9.17) is 5.11 Å². The van der Waals surface area contributed by atoms with E-state index in [2.05, 4.69) is 5.32 Å². The van der Waals surface area contributed by atoms with Gasteiger partial charge in [-0.05, 0) is 49.4 Å². The van der Waals surface area contributed by atoms with Crippen LogP contribution in [0.5, 0.6) is 0 Å². The van der Waals surface area contributed by atoms with Gasteiger partial charge in [0.1, 0.15) is 0 Å². The number of carboxylic acid groups (broad SMARTS) is 1. The summed E-state index contributed by atoms with van der Waals surface area (Å²) in [5.74, 6) is 1.25. The van der Waals surface area contributed by atoms with Gasteiger partial charge in [-0.15, -0.1) is 0 Å². The first kappa shape index (κ1) is 15.3. The van der Waals surface area contributed by atoms with Crippen molar-refractivity contribution >= 4 is 11.9 Å². The molecule has 2 rings (SSSR count). The van der Waals surface area contributed by atoms with Gasteiger partial charge in [-0.25, -0.2) is 0 Å². The van der Waals surface area contributed by atoms with Crippen molar-refractivity contribution in [2.24, 2.45) is 29.6 Å². The standard InChI is InChI=1S/C16H27NO3/c1-10(2)5-14(16(19)20)9-17-15(18)8-13-7-11-3-4-12(13)6-11/h10-14H,3-9H2,1-2H3,(H,17,18)(H,19,20). The van der Waals surface area contributed by atoms with Crippen molar-refractivity contribution in [3.05, 3.63) is 0 Å². The number of carboxylic acids is 1. The highest BCUT2D eigenvalue weighted by Crippen LogP contribution is 2.49. The van der Waals surface area contributed by atoms with Crippen LogP contribution in [0.1, 0.15) is 52.4 Å². The first-order valence-electron chi connectivity index (χ1n) is 7.95. The van der Waals surface area contributed by atoms with E-state index in [1.807, 2.05) is 13.8 Å². The van der Waals surface area contributed by atoms with Crippen LogP contribution in [0.2, 0.25) is 0 Å². The second kappa shape index (κ2) is 6.59. The highest BCUT2D eigenvalue weighted by molar-refractivity contribution is 5.77. The van der Waals surface area contributed by atoms with E-state index in [1.54, 1.807) is 0 Å². The highest BCUT2D eigenvalue weighted by Gasteiger charge is 2.40. The highest BCUT2D eigenvalue weighted by atomic mass is 16.4. The summed E-state index contributed by atoms with van der Waals surface area (Å²) in [6.07, 6.45) is 6.35. The fourth-order valence-corrected chi connectivity index (χ4v) is 4.01. The molecule has 0 aromatic heterocycles. The lowest BCUT2D eigenvalue weighted by Gasteiger charge is -2.21. The number of aliphatic carboxylic acids is 1. The zero-order valence-electron chi connectivity index (χ0n) is 12.6. The molecular weight excluding hydrogens is 254 g/mol. The smallest absolute Gasteiger partial charge is 0.308 e. The van der Waals surface area contributed by atoms with Crippen LogP contribution in [-0.2, 0) is 9.59 Å². The SMILES string of the molecule is CC(C)CC(CNC(=O)CC1CC2CCC1C2)C(=O)O. The van der Waals surface area contributed by atoms with Crippen molar-refractivity contribution < 1.29 is 14.7 Å². The summed E-state index contributed by atoms with van der Waals surface area (Å²) in [5.41, 5.74) is 0. The minimum absolute atomic E-state index is 0.0394. The molecule has 0 heterocycles. The predicted molar refractivity (Wildman–Crippen MR) is 77.1 cm³/mol. The second-order valence-corrected chi connectivity index (χ2v) is 7.11. The van der Waals surface area contributed by atoms with Gasteiger partial charge in [0.25, 0.3) is 0 Å². The summed E-state index contributed by atoms with van der Waals surface area (Å²) in [6, 6.07) is 0. The largest absolute Gasteiger partial charge is 0.481 e. The number of fused-ring (bicyclic) bond motifs is 2. The molecule has 4 heteroatoms. The Labute approximate surface area is 121 Å². The van der Waals surface area contributed by atoms with E-state index in [1.165, 1.54) is 25.7 Å². The van der Waals surface area contributed by atoms with Crippen molar-refractivity contribution in [2.45, 2.75) is 52.4 Å². The lowest BCUT2D eigenvalue weighted by atomic mass is 9.86. The molecule has 1 amide bonds. The number of nitrogens with one attached hydrogen (secondary N) is 1. The Hall–Kier alpha value is -1.06. The quantitative estimate of drug-likeness (QED) is 0.754. The average molecular weight is 281 g/mol. The van der Waals surface area contributed by atoms with Crippen LogP contribution in [0.3, 0.4) is 0 Å². The molecule has 2 aliphatic carbocycles. The van der Waals surface area contributed by atoms with Gasteiger partial charge in [0.2, 0.25) is 5.91 Å². The van der Waals surface area contributed by atoms with Gasteiger partial charge in [-0.2, -0.15) is 0 Å². The molecule has 0 aromatic rings.